The van der Waals surface area contributed by atoms with Crippen molar-refractivity contribution < 1.29 is 13.6 Å². The van der Waals surface area contributed by atoms with E-state index in [1.54, 1.807) is 29.5 Å². The van der Waals surface area contributed by atoms with Gasteiger partial charge in [-0.1, -0.05) is 65.5 Å². The van der Waals surface area contributed by atoms with Crippen molar-refractivity contribution >= 4 is 44.7 Å². The summed E-state index contributed by atoms with van der Waals surface area (Å²) < 4.78 is 26.4. The fourth-order valence-electron chi connectivity index (χ4n) is 5.26. The lowest BCUT2D eigenvalue weighted by Gasteiger charge is -2.39. The SMILES string of the molecule is O=C(Cc1cccc(N2CC(F)(F)C2)n1)Nc1nnc(C2CCCC(c3nnc(NCCc4ccccc4)s3)C2)s1. The topological polar surface area (TPSA) is 109 Å². The number of carbonyl (C=O) groups is 1. The van der Waals surface area contributed by atoms with E-state index >= 15 is 0 Å². The van der Waals surface area contributed by atoms with Crippen LogP contribution in [0.15, 0.2) is 48.5 Å². The van der Waals surface area contributed by atoms with Gasteiger partial charge in [0.15, 0.2) is 0 Å². The summed E-state index contributed by atoms with van der Waals surface area (Å²) in [5.41, 5.74) is 1.80. The summed E-state index contributed by atoms with van der Waals surface area (Å²) in [7, 11) is 0. The molecule has 1 saturated carbocycles. The van der Waals surface area contributed by atoms with Gasteiger partial charge >= 0.3 is 0 Å². The first kappa shape index (κ1) is 27.6. The molecule has 6 rings (SSSR count). The number of anilines is 3. The predicted molar refractivity (Wildman–Crippen MR) is 156 cm³/mol. The molecule has 0 spiro atoms. The zero-order valence-electron chi connectivity index (χ0n) is 22.3. The first-order valence-corrected chi connectivity index (χ1v) is 15.4. The van der Waals surface area contributed by atoms with Gasteiger partial charge in [0.25, 0.3) is 5.92 Å². The third kappa shape index (κ3) is 7.02. The molecule has 2 unspecified atom stereocenters. The normalized spacial score (nSPS) is 19.9. The van der Waals surface area contributed by atoms with Crippen molar-refractivity contribution in [3.05, 3.63) is 69.8 Å². The molecule has 1 saturated heterocycles. The number of pyridine rings is 1. The fourth-order valence-corrected chi connectivity index (χ4v) is 7.08. The number of halogens is 2. The largest absolute Gasteiger partial charge is 0.360 e. The maximum Gasteiger partial charge on any atom is 0.282 e. The van der Waals surface area contributed by atoms with Crippen LogP contribution in [0.3, 0.4) is 0 Å². The van der Waals surface area contributed by atoms with Crippen molar-refractivity contribution in [2.75, 3.05) is 35.2 Å². The summed E-state index contributed by atoms with van der Waals surface area (Å²) in [6, 6.07) is 15.5. The molecule has 41 heavy (non-hydrogen) atoms. The third-order valence-electron chi connectivity index (χ3n) is 7.34. The van der Waals surface area contributed by atoms with Crippen LogP contribution in [-0.2, 0) is 17.6 Å². The van der Waals surface area contributed by atoms with Gasteiger partial charge in [0.2, 0.25) is 16.2 Å². The van der Waals surface area contributed by atoms with Crippen LogP contribution in [0.4, 0.5) is 24.9 Å². The number of aromatic nitrogens is 5. The van der Waals surface area contributed by atoms with Crippen LogP contribution in [-0.4, -0.2) is 56.8 Å². The highest BCUT2D eigenvalue weighted by molar-refractivity contribution is 7.15. The minimum Gasteiger partial charge on any atom is -0.360 e. The number of nitrogens with one attached hydrogen (secondary N) is 2. The number of carbonyl (C=O) groups excluding carboxylic acids is 1. The summed E-state index contributed by atoms with van der Waals surface area (Å²) in [4.78, 5) is 18.5. The summed E-state index contributed by atoms with van der Waals surface area (Å²) >= 11 is 3.02. The van der Waals surface area contributed by atoms with Crippen LogP contribution in [0, 0.1) is 0 Å². The Kier molecular flexibility index (Phi) is 8.15. The van der Waals surface area contributed by atoms with Crippen LogP contribution >= 0.6 is 22.7 Å². The van der Waals surface area contributed by atoms with Gasteiger partial charge in [-0.3, -0.25) is 4.79 Å². The van der Waals surface area contributed by atoms with E-state index in [1.807, 2.05) is 18.2 Å². The van der Waals surface area contributed by atoms with Gasteiger partial charge in [0.1, 0.15) is 15.8 Å². The molecule has 4 aromatic rings. The molecule has 2 atom stereocenters. The average Bonchev–Trinajstić information content (AvgIpc) is 3.63. The van der Waals surface area contributed by atoms with Crippen molar-refractivity contribution in [3.8, 4) is 0 Å². The number of rotatable bonds is 10. The van der Waals surface area contributed by atoms with E-state index in [4.69, 9.17) is 0 Å². The maximum absolute atomic E-state index is 13.2. The highest BCUT2D eigenvalue weighted by Crippen LogP contribution is 2.43. The molecular weight excluding hydrogens is 566 g/mol. The number of alkyl halides is 2. The van der Waals surface area contributed by atoms with Crippen molar-refractivity contribution in [2.45, 2.75) is 56.3 Å². The van der Waals surface area contributed by atoms with E-state index in [2.05, 4.69) is 48.1 Å². The number of benzene rings is 1. The van der Waals surface area contributed by atoms with E-state index in [9.17, 15) is 13.6 Å². The first-order chi connectivity index (χ1) is 19.9. The first-order valence-electron chi connectivity index (χ1n) is 13.7. The Balaban J connectivity index is 0.997. The Hall–Kier alpha value is -3.58. The molecule has 214 valence electrons. The van der Waals surface area contributed by atoms with Gasteiger partial charge in [-0.05, 0) is 43.4 Å². The van der Waals surface area contributed by atoms with E-state index in [1.165, 1.54) is 21.8 Å². The monoisotopic (exact) mass is 596 g/mol. The Morgan fingerprint density at radius 3 is 2.37 bits per heavy atom. The molecule has 1 aromatic carbocycles. The van der Waals surface area contributed by atoms with E-state index in [0.717, 1.165) is 53.8 Å². The van der Waals surface area contributed by atoms with Gasteiger partial charge in [-0.25, -0.2) is 13.8 Å². The maximum atomic E-state index is 13.2. The molecule has 1 aliphatic carbocycles. The van der Waals surface area contributed by atoms with Gasteiger partial charge < -0.3 is 15.5 Å². The lowest BCUT2D eigenvalue weighted by Crippen LogP contribution is -2.56. The lowest BCUT2D eigenvalue weighted by molar-refractivity contribution is -0.115. The van der Waals surface area contributed by atoms with E-state index in [0.29, 0.717) is 22.6 Å². The van der Waals surface area contributed by atoms with E-state index < -0.39 is 5.92 Å². The van der Waals surface area contributed by atoms with Gasteiger partial charge in [0.05, 0.1) is 25.2 Å². The van der Waals surface area contributed by atoms with Crippen LogP contribution in [0.2, 0.25) is 0 Å². The molecule has 2 aliphatic rings. The quantitative estimate of drug-likeness (QED) is 0.247. The molecule has 9 nitrogen and oxygen atoms in total. The minimum atomic E-state index is -2.68. The molecule has 2 N–H and O–H groups in total. The van der Waals surface area contributed by atoms with Gasteiger partial charge in [-0.15, -0.1) is 20.4 Å². The van der Waals surface area contributed by atoms with Crippen molar-refractivity contribution in [3.63, 3.8) is 0 Å². The molecule has 1 aliphatic heterocycles. The molecule has 3 aromatic heterocycles. The molecule has 2 fully saturated rings. The molecule has 0 radical (unpaired) electrons. The highest BCUT2D eigenvalue weighted by atomic mass is 32.1. The van der Waals surface area contributed by atoms with Gasteiger partial charge in [-0.2, -0.15) is 0 Å². The minimum absolute atomic E-state index is 0.0251. The number of hydrogen-bond donors (Lipinski definition) is 2. The van der Waals surface area contributed by atoms with Crippen LogP contribution in [0.1, 0.15) is 58.8 Å². The summed E-state index contributed by atoms with van der Waals surface area (Å²) in [6.07, 6.45) is 5.04. The smallest absolute Gasteiger partial charge is 0.282 e. The molecule has 13 heteroatoms. The van der Waals surface area contributed by atoms with Crippen LogP contribution in [0.25, 0.3) is 0 Å². The average molecular weight is 597 g/mol. The molecule has 0 bridgehead atoms. The standard InChI is InChI=1S/C28H30F2N8OS2/c29-28(30)16-38(17-28)22-11-5-10-21(32-22)15-23(39)33-27-37-35-25(41-27)20-9-4-8-19(14-20)24-34-36-26(40-24)31-13-12-18-6-2-1-3-7-18/h1-3,5-7,10-11,19-20H,4,8-9,12-17H2,(H,31,36)(H,33,37,39). The Bertz CT molecular complexity index is 1470. The molecule has 1 amide bonds. The van der Waals surface area contributed by atoms with Crippen molar-refractivity contribution in [1.82, 2.24) is 25.4 Å². The van der Waals surface area contributed by atoms with Crippen LogP contribution in [0.5, 0.6) is 0 Å². The summed E-state index contributed by atoms with van der Waals surface area (Å²) in [6.45, 7) is 0.109. The van der Waals surface area contributed by atoms with Crippen molar-refractivity contribution in [1.29, 1.82) is 0 Å². The van der Waals surface area contributed by atoms with E-state index in [-0.39, 0.29) is 31.3 Å². The fraction of sp³-hybridized carbons (Fsp3) is 0.429. The Labute approximate surface area is 244 Å². The second-order valence-electron chi connectivity index (χ2n) is 10.5. The second-order valence-corrected chi connectivity index (χ2v) is 12.6. The molecule has 4 heterocycles. The Morgan fingerprint density at radius 2 is 1.63 bits per heavy atom. The third-order valence-corrected chi connectivity index (χ3v) is 9.38. The molecular formula is C28H30F2N8OS2. The summed E-state index contributed by atoms with van der Waals surface area (Å²) in [5, 5.41) is 26.9. The van der Waals surface area contributed by atoms with Crippen LogP contribution < -0.4 is 15.5 Å². The number of amides is 1. The number of hydrogen-bond acceptors (Lipinski definition) is 10. The highest BCUT2D eigenvalue weighted by Gasteiger charge is 2.44. The van der Waals surface area contributed by atoms with Crippen molar-refractivity contribution in [2.24, 2.45) is 0 Å². The Morgan fingerprint density at radius 1 is 0.927 bits per heavy atom. The zero-order chi connectivity index (χ0) is 28.2. The lowest BCUT2D eigenvalue weighted by atomic mass is 9.82. The summed E-state index contributed by atoms with van der Waals surface area (Å²) in [5.74, 6) is -1.92. The zero-order valence-corrected chi connectivity index (χ0v) is 23.9. The number of nitrogens with zero attached hydrogens (tertiary/aromatic N) is 6. The second kappa shape index (κ2) is 12.1. The van der Waals surface area contributed by atoms with Gasteiger partial charge in [0, 0.05) is 18.4 Å². The predicted octanol–water partition coefficient (Wildman–Crippen LogP) is 5.52.